The minimum Gasteiger partial charge on any atom is -0.373 e. The largest absolute Gasteiger partial charge is 0.373 e. The maximum Gasteiger partial charge on any atom is 0.0858 e. The molecular weight excluding hydrogens is 156 g/mol. The van der Waals surface area contributed by atoms with Crippen LogP contribution >= 0.6 is 11.3 Å². The molecule has 1 aromatic rings. The molecule has 0 aliphatic carbocycles. The third-order valence-corrected chi connectivity index (χ3v) is 3.02. The Bertz CT molecular complexity index is 237. The highest BCUT2D eigenvalue weighted by Crippen LogP contribution is 2.23. The molecule has 0 saturated carbocycles. The lowest BCUT2D eigenvalue weighted by atomic mass is 10.1. The summed E-state index contributed by atoms with van der Waals surface area (Å²) in [5.74, 6) is 0. The topological polar surface area (TPSA) is 12.5 Å². The predicted octanol–water partition coefficient (Wildman–Crippen LogP) is 2.25. The van der Waals surface area contributed by atoms with Crippen LogP contribution in [0.2, 0.25) is 0 Å². The molecule has 60 valence electrons. The number of epoxide rings is 1. The van der Waals surface area contributed by atoms with E-state index in [-0.39, 0.29) is 0 Å². The van der Waals surface area contributed by atoms with E-state index in [9.17, 15) is 0 Å². The molecule has 2 heterocycles. The van der Waals surface area contributed by atoms with E-state index in [0.29, 0.717) is 6.10 Å². The fourth-order valence-corrected chi connectivity index (χ4v) is 2.30. The zero-order chi connectivity index (χ0) is 7.68. The van der Waals surface area contributed by atoms with Gasteiger partial charge in [0.05, 0.1) is 12.7 Å². The summed E-state index contributed by atoms with van der Waals surface area (Å²) in [5, 5.41) is 2.18. The van der Waals surface area contributed by atoms with Crippen LogP contribution in [0, 0.1) is 0 Å². The molecule has 1 aliphatic heterocycles. The summed E-state index contributed by atoms with van der Waals surface area (Å²) in [6.07, 6.45) is 2.84. The monoisotopic (exact) mass is 168 g/mol. The molecule has 1 fully saturated rings. The van der Waals surface area contributed by atoms with Crippen molar-refractivity contribution in [3.63, 3.8) is 0 Å². The summed E-state index contributed by atoms with van der Waals surface area (Å²) in [4.78, 5) is 1.52. The molecule has 0 spiro atoms. The number of hydrogen-bond acceptors (Lipinski definition) is 2. The van der Waals surface area contributed by atoms with E-state index in [4.69, 9.17) is 4.74 Å². The molecule has 1 atom stereocenters. The van der Waals surface area contributed by atoms with Gasteiger partial charge < -0.3 is 4.74 Å². The minimum absolute atomic E-state index is 0.541. The molecule has 1 aliphatic rings. The fraction of sp³-hybridized carbons (Fsp3) is 0.556. The van der Waals surface area contributed by atoms with E-state index in [1.165, 1.54) is 10.4 Å². The summed E-state index contributed by atoms with van der Waals surface area (Å²) < 4.78 is 5.19. The van der Waals surface area contributed by atoms with Gasteiger partial charge in [0, 0.05) is 11.3 Å². The molecule has 0 aromatic carbocycles. The Balaban J connectivity index is 2.07. The zero-order valence-electron chi connectivity index (χ0n) is 6.67. The first-order valence-electron chi connectivity index (χ1n) is 4.07. The third-order valence-electron chi connectivity index (χ3n) is 2.03. The molecular formula is C9H12OS. The van der Waals surface area contributed by atoms with Crippen LogP contribution in [0.3, 0.4) is 0 Å². The molecule has 11 heavy (non-hydrogen) atoms. The highest BCUT2D eigenvalue weighted by Gasteiger charge is 2.23. The van der Waals surface area contributed by atoms with Gasteiger partial charge in [0.2, 0.25) is 0 Å². The average Bonchev–Trinajstić information content (AvgIpc) is 2.68. The maximum absolute atomic E-state index is 5.19. The van der Waals surface area contributed by atoms with Crippen molar-refractivity contribution >= 4 is 11.3 Å². The Hall–Kier alpha value is -0.340. The summed E-state index contributed by atoms with van der Waals surface area (Å²) in [5.41, 5.74) is 1.51. The number of thiophene rings is 1. The van der Waals surface area contributed by atoms with Crippen molar-refractivity contribution in [1.29, 1.82) is 0 Å². The van der Waals surface area contributed by atoms with Gasteiger partial charge in [-0.25, -0.2) is 0 Å². The molecule has 1 saturated heterocycles. The van der Waals surface area contributed by atoms with E-state index in [1.54, 1.807) is 0 Å². The van der Waals surface area contributed by atoms with Crippen molar-refractivity contribution in [2.24, 2.45) is 0 Å². The second-order valence-corrected chi connectivity index (χ2v) is 3.88. The van der Waals surface area contributed by atoms with Gasteiger partial charge in [-0.15, -0.1) is 11.3 Å². The summed E-state index contributed by atoms with van der Waals surface area (Å²) in [6, 6.07) is 2.22. The molecule has 1 unspecified atom stereocenters. The van der Waals surface area contributed by atoms with Crippen LogP contribution in [0.4, 0.5) is 0 Å². The quantitative estimate of drug-likeness (QED) is 0.631. The van der Waals surface area contributed by atoms with Crippen molar-refractivity contribution < 1.29 is 4.74 Å². The lowest BCUT2D eigenvalue weighted by Crippen LogP contribution is -1.92. The summed E-state index contributed by atoms with van der Waals surface area (Å²) in [6.45, 7) is 3.18. The number of rotatable bonds is 3. The lowest BCUT2D eigenvalue weighted by Gasteiger charge is -1.96. The molecule has 0 bridgehead atoms. The normalized spacial score (nSPS) is 22.1. The second-order valence-electron chi connectivity index (χ2n) is 2.88. The zero-order valence-corrected chi connectivity index (χ0v) is 7.49. The Morgan fingerprint density at radius 1 is 1.73 bits per heavy atom. The maximum atomic E-state index is 5.19. The van der Waals surface area contributed by atoms with Crippen molar-refractivity contribution in [1.82, 2.24) is 0 Å². The fourth-order valence-electron chi connectivity index (χ4n) is 1.25. The van der Waals surface area contributed by atoms with Crippen LogP contribution in [0.15, 0.2) is 11.4 Å². The summed E-state index contributed by atoms with van der Waals surface area (Å²) in [7, 11) is 0. The van der Waals surface area contributed by atoms with Gasteiger partial charge in [-0.1, -0.05) is 6.92 Å². The molecule has 1 nitrogen and oxygen atoms in total. The van der Waals surface area contributed by atoms with Crippen molar-refractivity contribution in [2.45, 2.75) is 25.9 Å². The highest BCUT2D eigenvalue weighted by atomic mass is 32.1. The SMILES string of the molecule is CCc1ccsc1CC1CO1. The Morgan fingerprint density at radius 2 is 2.55 bits per heavy atom. The van der Waals surface area contributed by atoms with E-state index >= 15 is 0 Å². The standard InChI is InChI=1S/C9H12OS/c1-2-7-3-4-11-9(7)5-8-6-10-8/h3-4,8H,2,5-6H2,1H3. The smallest absolute Gasteiger partial charge is 0.0858 e. The lowest BCUT2D eigenvalue weighted by molar-refractivity contribution is 0.408. The number of ether oxygens (including phenoxy) is 1. The van der Waals surface area contributed by atoms with Crippen molar-refractivity contribution in [3.8, 4) is 0 Å². The van der Waals surface area contributed by atoms with Crippen LogP contribution in [-0.4, -0.2) is 12.7 Å². The third kappa shape index (κ3) is 1.63. The van der Waals surface area contributed by atoms with Crippen LogP contribution in [0.1, 0.15) is 17.4 Å². The molecule has 0 amide bonds. The van der Waals surface area contributed by atoms with Crippen LogP contribution in [0.5, 0.6) is 0 Å². The van der Waals surface area contributed by atoms with Gasteiger partial charge in [-0.2, -0.15) is 0 Å². The van der Waals surface area contributed by atoms with Gasteiger partial charge in [0.15, 0.2) is 0 Å². The van der Waals surface area contributed by atoms with Gasteiger partial charge in [-0.3, -0.25) is 0 Å². The highest BCUT2D eigenvalue weighted by molar-refractivity contribution is 7.10. The Kier molecular flexibility index (Phi) is 1.96. The van der Waals surface area contributed by atoms with Gasteiger partial charge >= 0.3 is 0 Å². The second kappa shape index (κ2) is 2.95. The van der Waals surface area contributed by atoms with Gasteiger partial charge in [0.1, 0.15) is 0 Å². The molecule has 2 rings (SSSR count). The van der Waals surface area contributed by atoms with Crippen LogP contribution in [-0.2, 0) is 17.6 Å². The van der Waals surface area contributed by atoms with Crippen molar-refractivity contribution in [3.05, 3.63) is 21.9 Å². The van der Waals surface area contributed by atoms with E-state index in [2.05, 4.69) is 18.4 Å². The first-order valence-corrected chi connectivity index (χ1v) is 4.95. The first kappa shape index (κ1) is 7.32. The minimum atomic E-state index is 0.541. The first-order chi connectivity index (χ1) is 5.40. The van der Waals surface area contributed by atoms with E-state index < -0.39 is 0 Å². The summed E-state index contributed by atoms with van der Waals surface area (Å²) >= 11 is 1.86. The van der Waals surface area contributed by atoms with Gasteiger partial charge in [0.25, 0.3) is 0 Å². The van der Waals surface area contributed by atoms with Crippen LogP contribution in [0.25, 0.3) is 0 Å². The molecule has 2 heteroatoms. The average molecular weight is 168 g/mol. The Morgan fingerprint density at radius 3 is 3.18 bits per heavy atom. The van der Waals surface area contributed by atoms with E-state index in [1.807, 2.05) is 11.3 Å². The number of aryl methyl sites for hydroxylation is 1. The molecule has 0 N–H and O–H groups in total. The van der Waals surface area contributed by atoms with Crippen molar-refractivity contribution in [2.75, 3.05) is 6.61 Å². The molecule has 0 radical (unpaired) electrons. The van der Waals surface area contributed by atoms with Crippen LogP contribution < -0.4 is 0 Å². The molecule has 1 aromatic heterocycles. The number of hydrogen-bond donors (Lipinski definition) is 0. The van der Waals surface area contributed by atoms with E-state index in [0.717, 1.165) is 19.4 Å². The Labute approximate surface area is 71.0 Å². The van der Waals surface area contributed by atoms with Gasteiger partial charge in [-0.05, 0) is 23.4 Å². The predicted molar refractivity (Wildman–Crippen MR) is 47.1 cm³/mol.